The zero-order valence-corrected chi connectivity index (χ0v) is 16.8. The summed E-state index contributed by atoms with van der Waals surface area (Å²) < 4.78 is 38.9. The summed E-state index contributed by atoms with van der Waals surface area (Å²) in [6.07, 6.45) is -3.51. The highest BCUT2D eigenvalue weighted by atomic mass is 35.5. The lowest BCUT2D eigenvalue weighted by Crippen LogP contribution is -2.20. The molecule has 0 aliphatic rings. The molecule has 0 saturated heterocycles. The third-order valence-electron chi connectivity index (χ3n) is 3.84. The first-order chi connectivity index (χ1) is 14.7. The van der Waals surface area contributed by atoms with Crippen molar-refractivity contribution in [3.8, 4) is 0 Å². The smallest absolute Gasteiger partial charge is 0.322 e. The van der Waals surface area contributed by atoms with E-state index in [9.17, 15) is 22.8 Å². The summed E-state index contributed by atoms with van der Waals surface area (Å²) in [6, 6.07) is 10.7. The summed E-state index contributed by atoms with van der Waals surface area (Å²) in [5.41, 5.74) is 0.537. The number of benzene rings is 2. The number of nitrogens with zero attached hydrogens (tertiary/aromatic N) is 2. The van der Waals surface area contributed by atoms with E-state index < -0.39 is 28.6 Å². The molecule has 2 aromatic carbocycles. The van der Waals surface area contributed by atoms with Crippen LogP contribution in [0, 0.1) is 0 Å². The third-order valence-corrected chi connectivity index (χ3v) is 5.11. The molecule has 0 spiro atoms. The third kappa shape index (κ3) is 5.72. The van der Waals surface area contributed by atoms with Crippen molar-refractivity contribution < 1.29 is 28.0 Å². The highest BCUT2D eigenvalue weighted by molar-refractivity contribution is 7.99. The Morgan fingerprint density at radius 2 is 1.71 bits per heavy atom. The van der Waals surface area contributed by atoms with Gasteiger partial charge in [-0.15, -0.1) is 0 Å². The van der Waals surface area contributed by atoms with Crippen LogP contribution in [0.3, 0.4) is 0 Å². The quantitative estimate of drug-likeness (QED) is 0.285. The van der Waals surface area contributed by atoms with Crippen LogP contribution in [0.25, 0.3) is 0 Å². The van der Waals surface area contributed by atoms with Crippen molar-refractivity contribution in [1.29, 1.82) is 0 Å². The zero-order chi connectivity index (χ0) is 22.6. The van der Waals surface area contributed by atoms with E-state index in [1.165, 1.54) is 35.7 Å². The molecule has 0 aliphatic carbocycles. The number of nitrogens with one attached hydrogen (secondary N) is 2. The Balaban J connectivity index is 1.70. The highest BCUT2D eigenvalue weighted by Crippen LogP contribution is 2.35. The summed E-state index contributed by atoms with van der Waals surface area (Å²) in [4.78, 5) is 32.2. The van der Waals surface area contributed by atoms with Crippen LogP contribution in [0.2, 0.25) is 5.02 Å². The van der Waals surface area contributed by atoms with Gasteiger partial charge in [0.05, 0.1) is 10.6 Å². The summed E-state index contributed by atoms with van der Waals surface area (Å²) in [5.74, 6) is -1.50. The molecule has 0 unspecified atom stereocenters. The van der Waals surface area contributed by atoms with Crippen molar-refractivity contribution in [2.24, 2.45) is 0 Å². The van der Waals surface area contributed by atoms with Crippen LogP contribution in [0.5, 0.6) is 0 Å². The predicted octanol–water partition coefficient (Wildman–Crippen LogP) is 4.67. The maximum Gasteiger partial charge on any atom is 0.417 e. The molecule has 0 aliphatic heterocycles. The van der Waals surface area contributed by atoms with Gasteiger partial charge in [-0.2, -0.15) is 13.2 Å². The maximum atomic E-state index is 13.0. The van der Waals surface area contributed by atoms with Gasteiger partial charge < -0.3 is 5.32 Å². The lowest BCUT2D eigenvalue weighted by molar-refractivity contribution is -0.137. The number of hydrogen-bond acceptors (Lipinski definition) is 6. The second-order valence-corrected chi connectivity index (χ2v) is 7.46. The van der Waals surface area contributed by atoms with Crippen molar-refractivity contribution in [1.82, 2.24) is 15.4 Å². The zero-order valence-electron chi connectivity index (χ0n) is 15.3. The normalized spacial score (nSPS) is 11.1. The molecule has 0 fully saturated rings. The average Bonchev–Trinajstić information content (AvgIpc) is 2.74. The van der Waals surface area contributed by atoms with Crippen LogP contribution < -0.4 is 10.8 Å². The van der Waals surface area contributed by atoms with Crippen molar-refractivity contribution >= 4 is 40.9 Å². The molecule has 1 heterocycles. The molecule has 3 N–H and O–H groups in total. The Morgan fingerprint density at radius 3 is 2.35 bits per heavy atom. The van der Waals surface area contributed by atoms with E-state index in [2.05, 4.69) is 15.3 Å². The van der Waals surface area contributed by atoms with E-state index in [-0.39, 0.29) is 11.3 Å². The number of carbonyl (C=O) groups excluding carboxylic acids is 2. The number of alkyl halides is 3. The van der Waals surface area contributed by atoms with Gasteiger partial charge >= 0.3 is 6.18 Å². The Bertz CT molecular complexity index is 1130. The van der Waals surface area contributed by atoms with Crippen molar-refractivity contribution in [2.75, 3.05) is 5.32 Å². The summed E-state index contributed by atoms with van der Waals surface area (Å²) >= 11 is 6.76. The lowest BCUT2D eigenvalue weighted by atomic mass is 10.1. The van der Waals surface area contributed by atoms with Gasteiger partial charge in [-0.1, -0.05) is 23.4 Å². The molecule has 0 radical (unpaired) electrons. The van der Waals surface area contributed by atoms with Crippen LogP contribution in [-0.2, 0) is 6.18 Å². The number of anilines is 1. The highest BCUT2D eigenvalue weighted by Gasteiger charge is 2.33. The number of halogens is 4. The van der Waals surface area contributed by atoms with Gasteiger partial charge in [-0.3, -0.25) is 14.8 Å². The molecule has 7 nitrogen and oxygen atoms in total. The predicted molar refractivity (Wildman–Crippen MR) is 106 cm³/mol. The SMILES string of the molecule is O=C(Nc1ccc(Sc2cc(C(=O)NO)ncn2)cc1)c1ccc(Cl)c(C(F)(F)F)c1. The Kier molecular flexibility index (Phi) is 6.78. The summed E-state index contributed by atoms with van der Waals surface area (Å²) in [5, 5.41) is 11.1. The van der Waals surface area contributed by atoms with Gasteiger partial charge in [0.2, 0.25) is 0 Å². The summed E-state index contributed by atoms with van der Waals surface area (Å²) in [6.45, 7) is 0. The molecule has 12 heteroatoms. The molecular formula is C19H12ClF3N4O3S. The van der Waals surface area contributed by atoms with Gasteiger partial charge in [0, 0.05) is 22.2 Å². The molecule has 3 rings (SSSR count). The molecule has 31 heavy (non-hydrogen) atoms. The molecule has 3 aromatic rings. The monoisotopic (exact) mass is 468 g/mol. The minimum atomic E-state index is -4.68. The number of carbonyl (C=O) groups is 2. The number of hydroxylamine groups is 1. The fraction of sp³-hybridized carbons (Fsp3) is 0.0526. The Hall–Kier alpha value is -3.15. The number of aromatic nitrogens is 2. The first-order valence-electron chi connectivity index (χ1n) is 8.40. The van der Waals surface area contributed by atoms with Gasteiger partial charge in [0.15, 0.2) is 0 Å². The van der Waals surface area contributed by atoms with Gasteiger partial charge in [-0.05, 0) is 42.5 Å². The first kappa shape index (κ1) is 22.5. The molecule has 1 aromatic heterocycles. The van der Waals surface area contributed by atoms with E-state index in [4.69, 9.17) is 16.8 Å². The molecule has 2 amide bonds. The van der Waals surface area contributed by atoms with Gasteiger partial charge in [-0.25, -0.2) is 15.4 Å². The second kappa shape index (κ2) is 9.33. The number of hydrogen-bond donors (Lipinski definition) is 3. The number of rotatable bonds is 5. The van der Waals surface area contributed by atoms with Crippen molar-refractivity contribution in [2.45, 2.75) is 16.1 Å². The largest absolute Gasteiger partial charge is 0.417 e. The van der Waals surface area contributed by atoms with Gasteiger partial charge in [0.1, 0.15) is 17.0 Å². The minimum Gasteiger partial charge on any atom is -0.322 e. The average molecular weight is 469 g/mol. The van der Waals surface area contributed by atoms with Crippen LogP contribution in [-0.4, -0.2) is 27.0 Å². The molecule has 160 valence electrons. The standard InChI is InChI=1S/C19H12ClF3N4O3S/c20-14-6-1-10(7-13(14)19(21,22)23)17(28)26-11-2-4-12(5-3-11)31-16-8-15(18(29)27-30)24-9-25-16/h1-9,30H,(H,26,28)(H,27,29). The lowest BCUT2D eigenvalue weighted by Gasteiger charge is -2.11. The van der Waals surface area contributed by atoms with E-state index in [1.54, 1.807) is 24.3 Å². The van der Waals surface area contributed by atoms with Gasteiger partial charge in [0.25, 0.3) is 11.8 Å². The Morgan fingerprint density at radius 1 is 1.00 bits per heavy atom. The van der Waals surface area contributed by atoms with E-state index in [1.807, 2.05) is 0 Å². The Labute approximate surface area is 182 Å². The van der Waals surface area contributed by atoms with E-state index in [0.29, 0.717) is 21.7 Å². The molecule has 0 saturated carbocycles. The van der Waals surface area contributed by atoms with Crippen molar-refractivity contribution in [3.05, 3.63) is 76.7 Å². The molecular weight excluding hydrogens is 457 g/mol. The van der Waals surface area contributed by atoms with Crippen molar-refractivity contribution in [3.63, 3.8) is 0 Å². The van der Waals surface area contributed by atoms with Crippen LogP contribution in [0.1, 0.15) is 26.4 Å². The number of amides is 2. The maximum absolute atomic E-state index is 13.0. The fourth-order valence-corrected chi connectivity index (χ4v) is 3.40. The van der Waals surface area contributed by atoms with Crippen LogP contribution in [0.4, 0.5) is 18.9 Å². The van der Waals surface area contributed by atoms with Crippen LogP contribution in [0.15, 0.2) is 64.8 Å². The van der Waals surface area contributed by atoms with Crippen LogP contribution >= 0.6 is 23.4 Å². The molecule has 0 bridgehead atoms. The topological polar surface area (TPSA) is 104 Å². The summed E-state index contributed by atoms with van der Waals surface area (Å²) in [7, 11) is 0. The van der Waals surface area contributed by atoms with E-state index in [0.717, 1.165) is 6.07 Å². The fourth-order valence-electron chi connectivity index (χ4n) is 2.39. The first-order valence-corrected chi connectivity index (χ1v) is 9.59. The minimum absolute atomic E-state index is 0.0231. The molecule has 0 atom stereocenters. The van der Waals surface area contributed by atoms with E-state index >= 15 is 0 Å². The second-order valence-electron chi connectivity index (χ2n) is 5.96.